The lowest BCUT2D eigenvalue weighted by Crippen LogP contribution is -2.34. The number of nitrogens with zero attached hydrogens (tertiary/aromatic N) is 3. The molecule has 3 rings (SSSR count). The summed E-state index contributed by atoms with van der Waals surface area (Å²) < 4.78 is 11.1. The van der Waals surface area contributed by atoms with Crippen LogP contribution < -0.4 is 4.74 Å². The van der Waals surface area contributed by atoms with E-state index in [0.29, 0.717) is 18.3 Å². The Morgan fingerprint density at radius 3 is 2.69 bits per heavy atom. The van der Waals surface area contributed by atoms with E-state index in [-0.39, 0.29) is 19.1 Å². The molecule has 0 radical (unpaired) electrons. The molecule has 0 bridgehead atoms. The monoisotopic (exact) mass is 391 g/mol. The van der Waals surface area contributed by atoms with Gasteiger partial charge in [0.2, 0.25) is 11.7 Å². The van der Waals surface area contributed by atoms with E-state index in [1.165, 1.54) is 0 Å². The van der Waals surface area contributed by atoms with Gasteiger partial charge in [-0.05, 0) is 43.5 Å². The minimum absolute atomic E-state index is 0.0722. The minimum atomic E-state index is -0.178. The number of benzene rings is 2. The molecule has 0 saturated carbocycles. The van der Waals surface area contributed by atoms with E-state index in [2.05, 4.69) is 22.8 Å². The number of amides is 1. The Balaban J connectivity index is 1.67. The molecule has 0 unspecified atom stereocenters. The van der Waals surface area contributed by atoms with Crippen molar-refractivity contribution >= 4 is 5.91 Å². The van der Waals surface area contributed by atoms with Gasteiger partial charge in [-0.2, -0.15) is 4.98 Å². The average molecular weight is 391 g/mol. The van der Waals surface area contributed by atoms with Gasteiger partial charge in [-0.1, -0.05) is 47.6 Å². The molecule has 0 N–H and O–H groups in total. The molecule has 0 atom stereocenters. The van der Waals surface area contributed by atoms with Crippen molar-refractivity contribution in [2.45, 2.75) is 27.3 Å². The largest absolute Gasteiger partial charge is 0.483 e. The topological polar surface area (TPSA) is 68.5 Å². The second kappa shape index (κ2) is 9.19. The highest BCUT2D eigenvalue weighted by Gasteiger charge is 2.18. The fourth-order valence-corrected chi connectivity index (χ4v) is 2.98. The van der Waals surface area contributed by atoms with Crippen molar-refractivity contribution in [1.82, 2.24) is 15.0 Å². The Kier molecular flexibility index (Phi) is 6.44. The van der Waals surface area contributed by atoms with Crippen LogP contribution >= 0.6 is 0 Å². The number of aryl methyl sites for hydroxylation is 2. The van der Waals surface area contributed by atoms with Crippen LogP contribution in [0.5, 0.6) is 5.75 Å². The molecule has 0 aliphatic heterocycles. The third kappa shape index (κ3) is 5.10. The molecule has 0 aliphatic carbocycles. The minimum Gasteiger partial charge on any atom is -0.483 e. The van der Waals surface area contributed by atoms with Gasteiger partial charge < -0.3 is 14.2 Å². The summed E-state index contributed by atoms with van der Waals surface area (Å²) in [6, 6.07) is 13.6. The van der Waals surface area contributed by atoms with Gasteiger partial charge in [0.25, 0.3) is 5.91 Å². The zero-order valence-corrected chi connectivity index (χ0v) is 17.0. The molecule has 0 aliphatic rings. The third-order valence-corrected chi connectivity index (χ3v) is 4.64. The lowest BCUT2D eigenvalue weighted by Gasteiger charge is -2.20. The number of carbonyl (C=O) groups is 1. The van der Waals surface area contributed by atoms with Gasteiger partial charge in [0.1, 0.15) is 12.3 Å². The van der Waals surface area contributed by atoms with Crippen LogP contribution in [0.25, 0.3) is 11.4 Å². The fourth-order valence-electron chi connectivity index (χ4n) is 2.98. The number of hydrogen-bond acceptors (Lipinski definition) is 5. The molecule has 3 aromatic rings. The first-order chi connectivity index (χ1) is 14.0. The molecule has 1 aromatic heterocycles. The summed E-state index contributed by atoms with van der Waals surface area (Å²) in [5.41, 5.74) is 4.12. The van der Waals surface area contributed by atoms with Gasteiger partial charge in [0.05, 0.1) is 0 Å². The standard InChI is InChI=1S/C23H25N3O3/c1-5-11-26(14-21-24-23(25-29-21)19-9-7-6-8-10-19)22(27)15-28-20-13-16(2)12-17(3)18(20)4/h5-10,12-13H,1,11,14-15H2,2-4H3. The predicted octanol–water partition coefficient (Wildman–Crippen LogP) is 4.26. The van der Waals surface area contributed by atoms with E-state index in [1.807, 2.05) is 57.2 Å². The second-order valence-corrected chi connectivity index (χ2v) is 6.93. The van der Waals surface area contributed by atoms with Crippen molar-refractivity contribution in [3.8, 4) is 17.1 Å². The van der Waals surface area contributed by atoms with Crippen molar-refractivity contribution in [3.63, 3.8) is 0 Å². The van der Waals surface area contributed by atoms with Crippen molar-refractivity contribution in [2.75, 3.05) is 13.2 Å². The maximum Gasteiger partial charge on any atom is 0.261 e. The van der Waals surface area contributed by atoms with Crippen molar-refractivity contribution < 1.29 is 14.1 Å². The molecule has 0 saturated heterocycles. The van der Waals surface area contributed by atoms with Gasteiger partial charge in [-0.3, -0.25) is 4.79 Å². The Bertz CT molecular complexity index is 996. The van der Waals surface area contributed by atoms with Crippen molar-refractivity contribution in [3.05, 3.63) is 77.7 Å². The van der Waals surface area contributed by atoms with Crippen LogP contribution in [0.1, 0.15) is 22.6 Å². The SMILES string of the molecule is C=CCN(Cc1nc(-c2ccccc2)no1)C(=O)COc1cc(C)cc(C)c1C. The van der Waals surface area contributed by atoms with E-state index >= 15 is 0 Å². The fraction of sp³-hybridized carbons (Fsp3) is 0.261. The predicted molar refractivity (Wildman–Crippen MR) is 111 cm³/mol. The molecule has 0 spiro atoms. The lowest BCUT2D eigenvalue weighted by atomic mass is 10.1. The normalized spacial score (nSPS) is 10.6. The number of ether oxygens (including phenoxy) is 1. The second-order valence-electron chi connectivity index (χ2n) is 6.93. The van der Waals surface area contributed by atoms with E-state index in [0.717, 1.165) is 28.0 Å². The van der Waals surface area contributed by atoms with Crippen LogP contribution in [-0.4, -0.2) is 34.1 Å². The van der Waals surface area contributed by atoms with Gasteiger partial charge in [-0.25, -0.2) is 0 Å². The van der Waals surface area contributed by atoms with Crippen LogP contribution in [0.15, 0.2) is 59.6 Å². The van der Waals surface area contributed by atoms with Crippen molar-refractivity contribution in [1.29, 1.82) is 0 Å². The first-order valence-corrected chi connectivity index (χ1v) is 9.45. The highest BCUT2D eigenvalue weighted by atomic mass is 16.5. The molecule has 1 amide bonds. The zero-order chi connectivity index (χ0) is 20.8. The van der Waals surface area contributed by atoms with Gasteiger partial charge >= 0.3 is 0 Å². The zero-order valence-electron chi connectivity index (χ0n) is 17.0. The molecule has 6 nitrogen and oxygen atoms in total. The van der Waals surface area contributed by atoms with Crippen LogP contribution in [0, 0.1) is 20.8 Å². The quantitative estimate of drug-likeness (QED) is 0.537. The van der Waals surface area contributed by atoms with Gasteiger partial charge in [0, 0.05) is 12.1 Å². The number of hydrogen-bond donors (Lipinski definition) is 0. The van der Waals surface area contributed by atoms with E-state index in [4.69, 9.17) is 9.26 Å². The molecular formula is C23H25N3O3. The highest BCUT2D eigenvalue weighted by Crippen LogP contribution is 2.23. The van der Waals surface area contributed by atoms with Crippen molar-refractivity contribution in [2.24, 2.45) is 0 Å². The summed E-state index contributed by atoms with van der Waals surface area (Å²) in [7, 11) is 0. The van der Waals surface area contributed by atoms with E-state index in [9.17, 15) is 4.79 Å². The van der Waals surface area contributed by atoms with Crippen LogP contribution in [0.2, 0.25) is 0 Å². The Hall–Kier alpha value is -3.41. The summed E-state index contributed by atoms with van der Waals surface area (Å²) in [5.74, 6) is 1.40. The van der Waals surface area contributed by atoms with Crippen LogP contribution in [0.3, 0.4) is 0 Å². The van der Waals surface area contributed by atoms with E-state index < -0.39 is 0 Å². The molecule has 29 heavy (non-hydrogen) atoms. The molecule has 2 aromatic carbocycles. The third-order valence-electron chi connectivity index (χ3n) is 4.64. The van der Waals surface area contributed by atoms with Crippen LogP contribution in [-0.2, 0) is 11.3 Å². The smallest absolute Gasteiger partial charge is 0.261 e. The van der Waals surface area contributed by atoms with Gasteiger partial charge in [-0.15, -0.1) is 6.58 Å². The summed E-state index contributed by atoms with van der Waals surface area (Å²) in [6.07, 6.45) is 1.66. The number of aromatic nitrogens is 2. The lowest BCUT2D eigenvalue weighted by molar-refractivity contribution is -0.133. The van der Waals surface area contributed by atoms with Gasteiger partial charge in [0.15, 0.2) is 6.61 Å². The first-order valence-electron chi connectivity index (χ1n) is 9.45. The molecule has 150 valence electrons. The van der Waals surface area contributed by atoms with Crippen LogP contribution in [0.4, 0.5) is 0 Å². The summed E-state index contributed by atoms with van der Waals surface area (Å²) in [5, 5.41) is 4.00. The molecular weight excluding hydrogens is 366 g/mol. The summed E-state index contributed by atoms with van der Waals surface area (Å²) >= 11 is 0. The highest BCUT2D eigenvalue weighted by molar-refractivity contribution is 5.78. The number of carbonyl (C=O) groups excluding carboxylic acids is 1. The summed E-state index contributed by atoms with van der Waals surface area (Å²) in [6.45, 7) is 10.2. The Morgan fingerprint density at radius 1 is 1.21 bits per heavy atom. The Morgan fingerprint density at radius 2 is 1.97 bits per heavy atom. The molecule has 0 fully saturated rings. The van der Waals surface area contributed by atoms with E-state index in [1.54, 1.807) is 11.0 Å². The Labute approximate surface area is 170 Å². The average Bonchev–Trinajstić information content (AvgIpc) is 3.18. The molecule has 6 heteroatoms. The maximum absolute atomic E-state index is 12.7. The summed E-state index contributed by atoms with van der Waals surface area (Å²) in [4.78, 5) is 18.7. The molecule has 1 heterocycles. The first kappa shape index (κ1) is 20.3. The maximum atomic E-state index is 12.7. The number of rotatable bonds is 8.